The van der Waals surface area contributed by atoms with Crippen LogP contribution in [0.2, 0.25) is 5.02 Å². The van der Waals surface area contributed by atoms with E-state index in [1.54, 1.807) is 17.9 Å². The molecule has 0 saturated carbocycles. The lowest BCUT2D eigenvalue weighted by molar-refractivity contribution is -0.154. The predicted molar refractivity (Wildman–Crippen MR) is 86.0 cm³/mol. The highest BCUT2D eigenvalue weighted by Gasteiger charge is 2.32. The van der Waals surface area contributed by atoms with Gasteiger partial charge >= 0.3 is 5.97 Å². The third-order valence-electron chi connectivity index (χ3n) is 4.03. The van der Waals surface area contributed by atoms with Crippen LogP contribution in [-0.2, 0) is 14.3 Å². The number of ether oxygens (including phenoxy) is 1. The Labute approximate surface area is 140 Å². The van der Waals surface area contributed by atoms with E-state index in [0.717, 1.165) is 5.69 Å². The number of amides is 1. The molecule has 1 fully saturated rings. The summed E-state index contributed by atoms with van der Waals surface area (Å²) in [6.45, 7) is 3.91. The van der Waals surface area contributed by atoms with Gasteiger partial charge in [0.05, 0.1) is 17.8 Å². The first-order valence-electron chi connectivity index (χ1n) is 7.54. The van der Waals surface area contributed by atoms with E-state index < -0.39 is 11.9 Å². The van der Waals surface area contributed by atoms with Gasteiger partial charge in [-0.1, -0.05) is 18.5 Å². The number of methoxy groups -OCH3 is 1. The van der Waals surface area contributed by atoms with E-state index in [0.29, 0.717) is 37.6 Å². The second-order valence-corrected chi connectivity index (χ2v) is 5.80. The summed E-state index contributed by atoms with van der Waals surface area (Å²) in [7, 11) is 1.28. The number of carbonyl (C=O) groups excluding carboxylic acids is 2. The van der Waals surface area contributed by atoms with Crippen molar-refractivity contribution in [3.8, 4) is 0 Å². The smallest absolute Gasteiger partial charge is 0.318 e. The molecule has 1 atom stereocenters. The maximum absolute atomic E-state index is 13.1. The molecule has 0 aliphatic carbocycles. The Bertz CT molecular complexity index is 589. The molecule has 23 heavy (non-hydrogen) atoms. The molecular weight excluding hydrogens is 323 g/mol. The summed E-state index contributed by atoms with van der Waals surface area (Å²) in [5.41, 5.74) is 0.750. The topological polar surface area (TPSA) is 49.9 Å². The van der Waals surface area contributed by atoms with E-state index >= 15 is 0 Å². The average molecular weight is 343 g/mol. The van der Waals surface area contributed by atoms with Crippen molar-refractivity contribution in [3.63, 3.8) is 0 Å². The van der Waals surface area contributed by atoms with Crippen molar-refractivity contribution in [2.24, 2.45) is 5.92 Å². The van der Waals surface area contributed by atoms with Crippen LogP contribution in [0, 0.1) is 11.7 Å². The van der Waals surface area contributed by atoms with Gasteiger partial charge in [-0.3, -0.25) is 9.59 Å². The Morgan fingerprint density at radius 3 is 2.48 bits per heavy atom. The van der Waals surface area contributed by atoms with Crippen LogP contribution in [0.15, 0.2) is 18.2 Å². The second kappa shape index (κ2) is 7.64. The number of nitrogens with zero attached hydrogens (tertiary/aromatic N) is 2. The molecule has 126 valence electrons. The van der Waals surface area contributed by atoms with Gasteiger partial charge in [-0.05, 0) is 24.6 Å². The molecule has 0 bridgehead atoms. The summed E-state index contributed by atoms with van der Waals surface area (Å²) in [5, 5.41) is 0.353. The van der Waals surface area contributed by atoms with Crippen molar-refractivity contribution in [1.29, 1.82) is 0 Å². The fourth-order valence-corrected chi connectivity index (χ4v) is 3.00. The van der Waals surface area contributed by atoms with E-state index in [1.165, 1.54) is 19.2 Å². The zero-order valence-corrected chi connectivity index (χ0v) is 14.0. The molecule has 1 aromatic carbocycles. The highest BCUT2D eigenvalue weighted by molar-refractivity contribution is 6.33. The van der Waals surface area contributed by atoms with Gasteiger partial charge in [-0.15, -0.1) is 0 Å². The molecule has 1 aliphatic heterocycles. The van der Waals surface area contributed by atoms with Crippen LogP contribution in [0.1, 0.15) is 13.3 Å². The first-order chi connectivity index (χ1) is 11.0. The molecule has 1 amide bonds. The lowest BCUT2D eigenvalue weighted by atomic mass is 10.0. The minimum absolute atomic E-state index is 0.204. The van der Waals surface area contributed by atoms with Crippen molar-refractivity contribution in [1.82, 2.24) is 4.90 Å². The second-order valence-electron chi connectivity index (χ2n) is 5.39. The number of halogens is 2. The number of anilines is 1. The minimum Gasteiger partial charge on any atom is -0.468 e. The van der Waals surface area contributed by atoms with E-state index in [2.05, 4.69) is 4.74 Å². The quantitative estimate of drug-likeness (QED) is 0.622. The highest BCUT2D eigenvalue weighted by Crippen LogP contribution is 2.27. The van der Waals surface area contributed by atoms with Gasteiger partial charge in [-0.2, -0.15) is 0 Å². The molecule has 7 heteroatoms. The van der Waals surface area contributed by atoms with E-state index in [9.17, 15) is 14.0 Å². The van der Waals surface area contributed by atoms with Crippen molar-refractivity contribution in [3.05, 3.63) is 29.0 Å². The Kier molecular flexibility index (Phi) is 5.82. The molecule has 5 nitrogen and oxygen atoms in total. The van der Waals surface area contributed by atoms with Crippen LogP contribution in [0.4, 0.5) is 10.1 Å². The van der Waals surface area contributed by atoms with Crippen molar-refractivity contribution >= 4 is 29.2 Å². The Balaban J connectivity index is 2.00. The Morgan fingerprint density at radius 2 is 1.96 bits per heavy atom. The summed E-state index contributed by atoms with van der Waals surface area (Å²) < 4.78 is 17.8. The molecule has 1 heterocycles. The fraction of sp³-hybridized carbons (Fsp3) is 0.500. The SMILES string of the molecule is CC[C@@H](C(=O)OC)C(=O)N1CCN(c2ccc(F)cc2Cl)CC1. The Hall–Kier alpha value is -1.82. The van der Waals surface area contributed by atoms with Crippen LogP contribution < -0.4 is 4.90 Å². The van der Waals surface area contributed by atoms with Crippen LogP contribution in [0.25, 0.3) is 0 Å². The average Bonchev–Trinajstić information content (AvgIpc) is 2.55. The zero-order valence-electron chi connectivity index (χ0n) is 13.2. The van der Waals surface area contributed by atoms with Crippen molar-refractivity contribution in [2.75, 3.05) is 38.2 Å². The number of carbonyl (C=O) groups is 2. The summed E-state index contributed by atoms with van der Waals surface area (Å²) in [4.78, 5) is 27.7. The summed E-state index contributed by atoms with van der Waals surface area (Å²) in [6, 6.07) is 4.28. The van der Waals surface area contributed by atoms with Crippen molar-refractivity contribution in [2.45, 2.75) is 13.3 Å². The lowest BCUT2D eigenvalue weighted by Crippen LogP contribution is -2.51. The monoisotopic (exact) mass is 342 g/mol. The molecule has 0 unspecified atom stereocenters. The minimum atomic E-state index is -0.749. The molecule has 2 rings (SSSR count). The predicted octanol–water partition coefficient (Wildman–Crippen LogP) is 2.33. The first kappa shape index (κ1) is 17.5. The van der Waals surface area contributed by atoms with Gasteiger partial charge < -0.3 is 14.5 Å². The number of hydrogen-bond acceptors (Lipinski definition) is 4. The maximum Gasteiger partial charge on any atom is 0.318 e. The molecule has 1 aliphatic rings. The van der Waals surface area contributed by atoms with Crippen molar-refractivity contribution < 1.29 is 18.7 Å². The van der Waals surface area contributed by atoms with Crippen LogP contribution in [0.3, 0.4) is 0 Å². The van der Waals surface area contributed by atoms with Gasteiger partial charge in [0.1, 0.15) is 11.7 Å². The molecule has 0 aromatic heterocycles. The maximum atomic E-state index is 13.1. The molecule has 1 aromatic rings. The normalized spacial score (nSPS) is 16.2. The number of esters is 1. The molecule has 0 N–H and O–H groups in total. The third-order valence-corrected chi connectivity index (χ3v) is 4.34. The summed E-state index contributed by atoms with van der Waals surface area (Å²) in [5.74, 6) is -1.83. The van der Waals surface area contributed by atoms with Gasteiger partial charge in [0.25, 0.3) is 0 Å². The lowest BCUT2D eigenvalue weighted by Gasteiger charge is -2.37. The van der Waals surface area contributed by atoms with E-state index in [4.69, 9.17) is 11.6 Å². The molecule has 0 spiro atoms. The standard InChI is InChI=1S/C16H20ClFN2O3/c1-3-12(16(22)23-2)15(21)20-8-6-19(7-9-20)14-5-4-11(18)10-13(14)17/h4-5,10,12H,3,6-9H2,1-2H3/t12-/m1/s1. The summed E-state index contributed by atoms with van der Waals surface area (Å²) in [6.07, 6.45) is 0.412. The summed E-state index contributed by atoms with van der Waals surface area (Å²) >= 11 is 6.07. The van der Waals surface area contributed by atoms with Crippen LogP contribution in [0.5, 0.6) is 0 Å². The molecular formula is C16H20ClFN2O3. The van der Waals surface area contributed by atoms with Crippen LogP contribution in [-0.4, -0.2) is 50.1 Å². The highest BCUT2D eigenvalue weighted by atomic mass is 35.5. The number of hydrogen-bond donors (Lipinski definition) is 0. The number of benzene rings is 1. The largest absolute Gasteiger partial charge is 0.468 e. The van der Waals surface area contributed by atoms with Gasteiger partial charge in [0, 0.05) is 26.2 Å². The van der Waals surface area contributed by atoms with E-state index in [-0.39, 0.29) is 11.7 Å². The van der Waals surface area contributed by atoms with Gasteiger partial charge in [0.2, 0.25) is 5.91 Å². The number of piperazine rings is 1. The first-order valence-corrected chi connectivity index (χ1v) is 7.92. The van der Waals surface area contributed by atoms with Crippen LogP contribution >= 0.6 is 11.6 Å². The van der Waals surface area contributed by atoms with Gasteiger partial charge in [0.15, 0.2) is 0 Å². The Morgan fingerprint density at radius 1 is 1.30 bits per heavy atom. The fourth-order valence-electron chi connectivity index (χ4n) is 2.71. The molecule has 1 saturated heterocycles. The van der Waals surface area contributed by atoms with E-state index in [1.807, 2.05) is 4.90 Å². The zero-order chi connectivity index (χ0) is 17.0. The molecule has 0 radical (unpaired) electrons. The number of rotatable bonds is 4. The third kappa shape index (κ3) is 3.93. The van der Waals surface area contributed by atoms with Gasteiger partial charge in [-0.25, -0.2) is 4.39 Å².